The molecule has 0 unspecified atom stereocenters. The maximum atomic E-state index is 12.9. The van der Waals surface area contributed by atoms with Crippen LogP contribution in [0, 0.1) is 0 Å². The Labute approximate surface area is 134 Å². The first kappa shape index (κ1) is 14.0. The molecular formula is C19H18N2O2. The van der Waals surface area contributed by atoms with E-state index in [0.717, 1.165) is 29.5 Å². The molecule has 2 aromatic carbocycles. The van der Waals surface area contributed by atoms with Crippen LogP contribution in [0.25, 0.3) is 11.0 Å². The van der Waals surface area contributed by atoms with Gasteiger partial charge in [-0.3, -0.25) is 4.79 Å². The van der Waals surface area contributed by atoms with Gasteiger partial charge in [0.25, 0.3) is 0 Å². The normalized spacial score (nSPS) is 14.6. The summed E-state index contributed by atoms with van der Waals surface area (Å²) in [6.45, 7) is 0. The molecular weight excluding hydrogens is 288 g/mol. The second-order valence-electron chi connectivity index (χ2n) is 5.99. The summed E-state index contributed by atoms with van der Waals surface area (Å²) >= 11 is 0. The van der Waals surface area contributed by atoms with Gasteiger partial charge in [-0.05, 0) is 43.5 Å². The fraction of sp³-hybridized carbons (Fsp3) is 0.263. The zero-order chi connectivity index (χ0) is 15.6. The lowest BCUT2D eigenvalue weighted by Crippen LogP contribution is -2.45. The standard InChI is InChI=1S/C19H18N2O2/c22-19(13-17-16-11-4-5-12-18(16)23-20-17)21(15-9-6-10-15)14-7-2-1-3-8-14/h1-5,7-8,11-12,15H,6,9-10,13H2. The number of carbonyl (C=O) groups excluding carboxylic acids is 1. The second kappa shape index (κ2) is 5.88. The second-order valence-corrected chi connectivity index (χ2v) is 5.99. The van der Waals surface area contributed by atoms with Gasteiger partial charge < -0.3 is 9.42 Å². The maximum Gasteiger partial charge on any atom is 0.233 e. The Morgan fingerprint density at radius 1 is 1.09 bits per heavy atom. The van der Waals surface area contributed by atoms with Gasteiger partial charge in [0.15, 0.2) is 5.58 Å². The number of benzene rings is 2. The van der Waals surface area contributed by atoms with E-state index in [1.54, 1.807) is 0 Å². The zero-order valence-corrected chi connectivity index (χ0v) is 12.8. The first-order chi connectivity index (χ1) is 11.3. The number of para-hydroxylation sites is 2. The first-order valence-electron chi connectivity index (χ1n) is 8.03. The van der Waals surface area contributed by atoms with Gasteiger partial charge in [0, 0.05) is 17.1 Å². The lowest BCUT2D eigenvalue weighted by atomic mass is 9.90. The van der Waals surface area contributed by atoms with Crippen molar-refractivity contribution in [1.29, 1.82) is 0 Å². The number of anilines is 1. The summed E-state index contributed by atoms with van der Waals surface area (Å²) in [5.41, 5.74) is 2.41. The largest absolute Gasteiger partial charge is 0.356 e. The van der Waals surface area contributed by atoms with Crippen LogP contribution in [0.15, 0.2) is 59.1 Å². The van der Waals surface area contributed by atoms with Crippen molar-refractivity contribution in [2.75, 3.05) is 4.90 Å². The molecule has 0 atom stereocenters. The number of amides is 1. The van der Waals surface area contributed by atoms with Gasteiger partial charge in [-0.1, -0.05) is 35.5 Å². The third kappa shape index (κ3) is 2.61. The van der Waals surface area contributed by atoms with Crippen LogP contribution in [0.2, 0.25) is 0 Å². The Hall–Kier alpha value is -2.62. The monoisotopic (exact) mass is 306 g/mol. The van der Waals surface area contributed by atoms with E-state index in [0.29, 0.717) is 11.7 Å². The minimum absolute atomic E-state index is 0.0833. The maximum absolute atomic E-state index is 12.9. The summed E-state index contributed by atoms with van der Waals surface area (Å²) in [6, 6.07) is 17.9. The molecule has 116 valence electrons. The average molecular weight is 306 g/mol. The molecule has 1 heterocycles. The van der Waals surface area contributed by atoms with Crippen molar-refractivity contribution in [3.63, 3.8) is 0 Å². The van der Waals surface area contributed by atoms with Crippen LogP contribution in [-0.4, -0.2) is 17.1 Å². The summed E-state index contributed by atoms with van der Waals surface area (Å²) in [6.07, 6.45) is 3.59. The van der Waals surface area contributed by atoms with E-state index in [-0.39, 0.29) is 12.3 Å². The van der Waals surface area contributed by atoms with Crippen LogP contribution in [0.3, 0.4) is 0 Å². The first-order valence-corrected chi connectivity index (χ1v) is 8.03. The molecule has 0 saturated heterocycles. The SMILES string of the molecule is O=C(Cc1noc2ccccc12)N(c1ccccc1)C1CCC1. The molecule has 4 heteroatoms. The molecule has 0 spiro atoms. The van der Waals surface area contributed by atoms with E-state index in [1.165, 1.54) is 6.42 Å². The van der Waals surface area contributed by atoms with E-state index >= 15 is 0 Å². The lowest BCUT2D eigenvalue weighted by molar-refractivity contribution is -0.118. The Morgan fingerprint density at radius 3 is 2.57 bits per heavy atom. The van der Waals surface area contributed by atoms with Gasteiger partial charge in [-0.25, -0.2) is 0 Å². The topological polar surface area (TPSA) is 46.3 Å². The van der Waals surface area contributed by atoms with Gasteiger partial charge in [-0.15, -0.1) is 0 Å². The Kier molecular flexibility index (Phi) is 3.58. The highest BCUT2D eigenvalue weighted by Gasteiger charge is 2.30. The fourth-order valence-corrected chi connectivity index (χ4v) is 3.09. The lowest BCUT2D eigenvalue weighted by Gasteiger charge is -2.37. The van der Waals surface area contributed by atoms with E-state index < -0.39 is 0 Å². The predicted octanol–water partition coefficient (Wildman–Crippen LogP) is 3.96. The summed E-state index contributed by atoms with van der Waals surface area (Å²) in [4.78, 5) is 14.9. The third-order valence-corrected chi connectivity index (χ3v) is 4.51. The summed E-state index contributed by atoms with van der Waals surface area (Å²) < 4.78 is 5.32. The smallest absolute Gasteiger partial charge is 0.233 e. The highest BCUT2D eigenvalue weighted by molar-refractivity contribution is 5.97. The average Bonchev–Trinajstić information content (AvgIpc) is 2.94. The summed E-state index contributed by atoms with van der Waals surface area (Å²) in [5, 5.41) is 5.01. The van der Waals surface area contributed by atoms with Crippen molar-refractivity contribution < 1.29 is 9.32 Å². The summed E-state index contributed by atoms with van der Waals surface area (Å²) in [7, 11) is 0. The number of rotatable bonds is 4. The van der Waals surface area contributed by atoms with Crippen LogP contribution >= 0.6 is 0 Å². The van der Waals surface area contributed by atoms with Crippen LogP contribution < -0.4 is 4.90 Å². The molecule has 1 saturated carbocycles. The van der Waals surface area contributed by atoms with E-state index in [2.05, 4.69) is 5.16 Å². The number of fused-ring (bicyclic) bond motifs is 1. The van der Waals surface area contributed by atoms with Gasteiger partial charge >= 0.3 is 0 Å². The van der Waals surface area contributed by atoms with Crippen LogP contribution in [0.5, 0.6) is 0 Å². The molecule has 4 rings (SSSR count). The molecule has 0 radical (unpaired) electrons. The van der Waals surface area contributed by atoms with Crippen LogP contribution in [0.1, 0.15) is 25.0 Å². The van der Waals surface area contributed by atoms with Crippen LogP contribution in [0.4, 0.5) is 5.69 Å². The third-order valence-electron chi connectivity index (χ3n) is 4.51. The van der Waals surface area contributed by atoms with Crippen molar-refractivity contribution in [3.05, 3.63) is 60.3 Å². The Morgan fingerprint density at radius 2 is 1.83 bits per heavy atom. The van der Waals surface area contributed by atoms with Crippen LogP contribution in [-0.2, 0) is 11.2 Å². The zero-order valence-electron chi connectivity index (χ0n) is 12.8. The van der Waals surface area contributed by atoms with Gasteiger partial charge in [0.05, 0.1) is 6.42 Å². The number of aromatic nitrogens is 1. The number of carbonyl (C=O) groups is 1. The highest BCUT2D eigenvalue weighted by atomic mass is 16.5. The van der Waals surface area contributed by atoms with E-state index in [4.69, 9.17) is 4.52 Å². The van der Waals surface area contributed by atoms with Gasteiger partial charge in [0.2, 0.25) is 5.91 Å². The molecule has 0 aliphatic heterocycles. The van der Waals surface area contributed by atoms with Crippen molar-refractivity contribution in [2.45, 2.75) is 31.7 Å². The molecule has 4 nitrogen and oxygen atoms in total. The quantitative estimate of drug-likeness (QED) is 0.733. The van der Waals surface area contributed by atoms with Crippen molar-refractivity contribution in [2.24, 2.45) is 0 Å². The summed E-state index contributed by atoms with van der Waals surface area (Å²) in [5.74, 6) is 0.0833. The predicted molar refractivity (Wildman–Crippen MR) is 89.3 cm³/mol. The Bertz CT molecular complexity index is 822. The molecule has 1 aliphatic carbocycles. The number of nitrogens with zero attached hydrogens (tertiary/aromatic N) is 2. The molecule has 23 heavy (non-hydrogen) atoms. The molecule has 1 amide bonds. The molecule has 0 bridgehead atoms. The minimum Gasteiger partial charge on any atom is -0.356 e. The highest BCUT2D eigenvalue weighted by Crippen LogP contribution is 2.30. The van der Waals surface area contributed by atoms with E-state index in [9.17, 15) is 4.79 Å². The molecule has 1 aromatic heterocycles. The van der Waals surface area contributed by atoms with Gasteiger partial charge in [0.1, 0.15) is 5.69 Å². The fourth-order valence-electron chi connectivity index (χ4n) is 3.09. The van der Waals surface area contributed by atoms with E-state index in [1.807, 2.05) is 59.5 Å². The van der Waals surface area contributed by atoms with Crippen molar-refractivity contribution in [1.82, 2.24) is 5.16 Å². The number of hydrogen-bond donors (Lipinski definition) is 0. The van der Waals surface area contributed by atoms with Crippen molar-refractivity contribution in [3.8, 4) is 0 Å². The Balaban J connectivity index is 1.63. The number of hydrogen-bond acceptors (Lipinski definition) is 3. The molecule has 1 fully saturated rings. The minimum atomic E-state index is 0.0833. The molecule has 1 aliphatic rings. The molecule has 3 aromatic rings. The van der Waals surface area contributed by atoms with Crippen molar-refractivity contribution >= 4 is 22.6 Å². The van der Waals surface area contributed by atoms with Gasteiger partial charge in [-0.2, -0.15) is 0 Å². The molecule has 0 N–H and O–H groups in total.